The van der Waals surface area contributed by atoms with Gasteiger partial charge < -0.3 is 4.74 Å². The number of thioether (sulfide) groups is 1. The molecule has 0 saturated carbocycles. The molecular weight excluding hydrogens is 334 g/mol. The molecule has 4 nitrogen and oxygen atoms in total. The molecule has 0 aliphatic carbocycles. The third kappa shape index (κ3) is 4.42. The molecule has 0 unspecified atom stereocenters. The van der Waals surface area contributed by atoms with Crippen LogP contribution in [0.15, 0.2) is 54.6 Å². The van der Waals surface area contributed by atoms with E-state index in [1.807, 2.05) is 42.5 Å². The Morgan fingerprint density at radius 2 is 1.72 bits per heavy atom. The average molecular weight is 355 g/mol. The van der Waals surface area contributed by atoms with Crippen LogP contribution in [0.2, 0.25) is 0 Å². The van der Waals surface area contributed by atoms with Gasteiger partial charge >= 0.3 is 0 Å². The van der Waals surface area contributed by atoms with E-state index in [9.17, 15) is 9.59 Å². The zero-order chi connectivity index (χ0) is 17.9. The van der Waals surface area contributed by atoms with Crippen LogP contribution in [-0.4, -0.2) is 23.0 Å². The normalized spacial score (nSPS) is 17.4. The van der Waals surface area contributed by atoms with Crippen molar-refractivity contribution in [2.24, 2.45) is 0 Å². The van der Waals surface area contributed by atoms with Crippen molar-refractivity contribution in [2.45, 2.75) is 30.9 Å². The van der Waals surface area contributed by atoms with Crippen LogP contribution < -0.4 is 10.1 Å². The number of carbonyl (C=O) groups excluding carboxylic acids is 2. The van der Waals surface area contributed by atoms with Crippen LogP contribution in [0.5, 0.6) is 5.75 Å². The summed E-state index contributed by atoms with van der Waals surface area (Å²) < 4.78 is 5.95. The first kappa shape index (κ1) is 17.5. The monoisotopic (exact) mass is 355 g/mol. The fourth-order valence-corrected chi connectivity index (χ4v) is 3.56. The minimum absolute atomic E-state index is 0.0845. The van der Waals surface area contributed by atoms with E-state index in [-0.39, 0.29) is 21.8 Å². The second-order valence-electron chi connectivity index (χ2n) is 6.77. The highest BCUT2D eigenvalue weighted by Crippen LogP contribution is 2.26. The molecule has 1 aliphatic rings. The lowest BCUT2D eigenvalue weighted by molar-refractivity contribution is -0.118. The molecular formula is C20H21NO3S. The van der Waals surface area contributed by atoms with Gasteiger partial charge in [-0.2, -0.15) is 0 Å². The van der Waals surface area contributed by atoms with E-state index in [4.69, 9.17) is 4.74 Å². The second kappa shape index (κ2) is 7.31. The van der Waals surface area contributed by atoms with E-state index < -0.39 is 0 Å². The van der Waals surface area contributed by atoms with Gasteiger partial charge in [0.1, 0.15) is 5.75 Å². The largest absolute Gasteiger partial charge is 0.493 e. The number of nitrogens with one attached hydrogen (secondary N) is 1. The molecule has 25 heavy (non-hydrogen) atoms. The third-order valence-electron chi connectivity index (χ3n) is 4.27. The lowest BCUT2D eigenvalue weighted by atomic mass is 9.86. The Kier molecular flexibility index (Phi) is 5.13. The summed E-state index contributed by atoms with van der Waals surface area (Å²) in [7, 11) is 0. The Labute approximate surface area is 152 Å². The van der Waals surface area contributed by atoms with Gasteiger partial charge in [-0.1, -0.05) is 68.1 Å². The maximum Gasteiger partial charge on any atom is 0.286 e. The molecule has 1 N–H and O–H groups in total. The Balaban J connectivity index is 1.58. The van der Waals surface area contributed by atoms with Gasteiger partial charge in [0.05, 0.1) is 11.9 Å². The van der Waals surface area contributed by atoms with Gasteiger partial charge in [-0.15, -0.1) is 0 Å². The first-order chi connectivity index (χ1) is 11.9. The summed E-state index contributed by atoms with van der Waals surface area (Å²) in [5.74, 6) is 0.590. The van der Waals surface area contributed by atoms with Gasteiger partial charge in [0.2, 0.25) is 5.91 Å². The van der Waals surface area contributed by atoms with Gasteiger partial charge in [0.25, 0.3) is 5.24 Å². The Morgan fingerprint density at radius 1 is 1.04 bits per heavy atom. The highest BCUT2D eigenvalue weighted by atomic mass is 32.2. The molecule has 2 aromatic carbocycles. The van der Waals surface area contributed by atoms with E-state index in [2.05, 4.69) is 31.3 Å². The van der Waals surface area contributed by atoms with Crippen molar-refractivity contribution in [1.82, 2.24) is 5.32 Å². The van der Waals surface area contributed by atoms with E-state index in [1.165, 1.54) is 5.56 Å². The van der Waals surface area contributed by atoms with E-state index in [0.29, 0.717) is 13.0 Å². The van der Waals surface area contributed by atoms with Gasteiger partial charge in [0, 0.05) is 5.41 Å². The van der Waals surface area contributed by atoms with Crippen LogP contribution in [0.25, 0.3) is 0 Å². The Hall–Kier alpha value is -2.27. The predicted octanol–water partition coefficient (Wildman–Crippen LogP) is 3.94. The maximum absolute atomic E-state index is 11.6. The van der Waals surface area contributed by atoms with Gasteiger partial charge in [0.15, 0.2) is 0 Å². The van der Waals surface area contributed by atoms with Crippen molar-refractivity contribution < 1.29 is 14.3 Å². The number of ether oxygens (including phenoxy) is 1. The molecule has 3 rings (SSSR count). The molecule has 0 aromatic heterocycles. The fourth-order valence-electron chi connectivity index (χ4n) is 2.70. The molecule has 130 valence electrons. The molecule has 5 heteroatoms. The summed E-state index contributed by atoms with van der Waals surface area (Å²) in [5.41, 5.74) is 2.16. The van der Waals surface area contributed by atoms with E-state index >= 15 is 0 Å². The van der Waals surface area contributed by atoms with Gasteiger partial charge in [-0.25, -0.2) is 0 Å². The molecule has 2 aromatic rings. The van der Waals surface area contributed by atoms with Crippen LogP contribution in [-0.2, 0) is 16.6 Å². The number of imide groups is 1. The molecule has 0 bridgehead atoms. The molecule has 1 atom stereocenters. The quantitative estimate of drug-likeness (QED) is 0.853. The van der Waals surface area contributed by atoms with Crippen molar-refractivity contribution in [3.63, 3.8) is 0 Å². The molecule has 0 radical (unpaired) electrons. The molecule has 1 saturated heterocycles. The summed E-state index contributed by atoms with van der Waals surface area (Å²) in [4.78, 5) is 22.8. The number of hydrogen-bond acceptors (Lipinski definition) is 4. The van der Waals surface area contributed by atoms with E-state index in [0.717, 1.165) is 23.1 Å². The van der Waals surface area contributed by atoms with Crippen LogP contribution in [0, 0.1) is 0 Å². The summed E-state index contributed by atoms with van der Waals surface area (Å²) in [6, 6.07) is 18.0. The number of amides is 2. The minimum atomic E-state index is -0.337. The molecule has 2 amide bonds. The van der Waals surface area contributed by atoms with Crippen LogP contribution in [0.1, 0.15) is 25.0 Å². The Bertz CT molecular complexity index is 756. The van der Waals surface area contributed by atoms with Gasteiger partial charge in [-0.3, -0.25) is 14.9 Å². The van der Waals surface area contributed by atoms with Crippen molar-refractivity contribution in [1.29, 1.82) is 0 Å². The number of benzene rings is 2. The average Bonchev–Trinajstić information content (AvgIpc) is 2.92. The molecule has 1 heterocycles. The summed E-state index contributed by atoms with van der Waals surface area (Å²) >= 11 is 1.05. The Morgan fingerprint density at radius 3 is 2.32 bits per heavy atom. The highest BCUT2D eigenvalue weighted by Gasteiger charge is 2.31. The molecule has 0 spiro atoms. The zero-order valence-electron chi connectivity index (χ0n) is 14.3. The lowest BCUT2D eigenvalue weighted by Crippen LogP contribution is -2.26. The van der Waals surface area contributed by atoms with Crippen molar-refractivity contribution in [3.8, 4) is 5.75 Å². The molecule has 1 aliphatic heterocycles. The zero-order valence-corrected chi connectivity index (χ0v) is 15.1. The van der Waals surface area contributed by atoms with Crippen LogP contribution in [0.3, 0.4) is 0 Å². The predicted molar refractivity (Wildman–Crippen MR) is 100 cm³/mol. The topological polar surface area (TPSA) is 55.4 Å². The van der Waals surface area contributed by atoms with Gasteiger partial charge in [-0.05, 0) is 29.7 Å². The van der Waals surface area contributed by atoms with Crippen LogP contribution >= 0.6 is 11.8 Å². The van der Waals surface area contributed by atoms with E-state index in [1.54, 1.807) is 0 Å². The fraction of sp³-hybridized carbons (Fsp3) is 0.300. The first-order valence-corrected chi connectivity index (χ1v) is 9.11. The summed E-state index contributed by atoms with van der Waals surface area (Å²) in [6.45, 7) is 4.89. The summed E-state index contributed by atoms with van der Waals surface area (Å²) in [6.07, 6.45) is 0.540. The summed E-state index contributed by atoms with van der Waals surface area (Å²) in [5, 5.41) is 1.71. The smallest absolute Gasteiger partial charge is 0.286 e. The SMILES string of the molecule is CC(C)(COc1ccc(C[C@H]2SC(=O)NC2=O)cc1)c1ccccc1. The van der Waals surface area contributed by atoms with Crippen molar-refractivity contribution in [2.75, 3.05) is 6.61 Å². The van der Waals surface area contributed by atoms with Crippen molar-refractivity contribution in [3.05, 3.63) is 65.7 Å². The second-order valence-corrected chi connectivity index (χ2v) is 7.95. The number of carbonyl (C=O) groups is 2. The standard InChI is InChI=1S/C20H21NO3S/c1-20(2,15-6-4-3-5-7-15)13-24-16-10-8-14(9-11-16)12-17-18(22)21-19(23)25-17/h3-11,17H,12-13H2,1-2H3,(H,21,22,23)/t17-/m1/s1. The molecule has 1 fully saturated rings. The lowest BCUT2D eigenvalue weighted by Gasteiger charge is -2.25. The van der Waals surface area contributed by atoms with Crippen molar-refractivity contribution >= 4 is 22.9 Å². The number of hydrogen-bond donors (Lipinski definition) is 1. The highest BCUT2D eigenvalue weighted by molar-refractivity contribution is 8.15. The first-order valence-electron chi connectivity index (χ1n) is 8.23. The minimum Gasteiger partial charge on any atom is -0.493 e. The van der Waals surface area contributed by atoms with Crippen LogP contribution in [0.4, 0.5) is 4.79 Å². The number of rotatable bonds is 6. The third-order valence-corrected chi connectivity index (χ3v) is 5.25. The maximum atomic E-state index is 11.6.